The number of piperazine rings is 1. The minimum atomic E-state index is -0.350. The fourth-order valence-corrected chi connectivity index (χ4v) is 5.40. The third-order valence-electron chi connectivity index (χ3n) is 6.92. The number of aromatic nitrogens is 2. The Bertz CT molecular complexity index is 1460. The summed E-state index contributed by atoms with van der Waals surface area (Å²) in [5.41, 5.74) is 4.36. The highest BCUT2D eigenvalue weighted by Gasteiger charge is 2.27. The van der Waals surface area contributed by atoms with Crippen LogP contribution in [0.25, 0.3) is 16.5 Å². The first-order chi connectivity index (χ1) is 16.6. The quantitative estimate of drug-likeness (QED) is 0.452. The molecule has 4 aromatic rings. The first-order valence-corrected chi connectivity index (χ1v) is 11.9. The number of para-hydroxylation sites is 1. The maximum atomic E-state index is 13.4. The molecule has 1 aliphatic heterocycles. The molecule has 1 aromatic heterocycles. The summed E-state index contributed by atoms with van der Waals surface area (Å²) in [7, 11) is 0. The minimum Gasteiger partial charge on any atom is -0.365 e. The highest BCUT2D eigenvalue weighted by atomic mass is 35.5. The van der Waals surface area contributed by atoms with Crippen LogP contribution in [0.5, 0.6) is 0 Å². The predicted molar refractivity (Wildman–Crippen MR) is 134 cm³/mol. The number of anilines is 1. The summed E-state index contributed by atoms with van der Waals surface area (Å²) in [6.45, 7) is 2.28. The van der Waals surface area contributed by atoms with Crippen molar-refractivity contribution in [3.63, 3.8) is 0 Å². The van der Waals surface area contributed by atoms with Gasteiger partial charge in [0.1, 0.15) is 5.02 Å². The molecule has 0 N–H and O–H groups in total. The van der Waals surface area contributed by atoms with Gasteiger partial charge in [0, 0.05) is 31.7 Å². The van der Waals surface area contributed by atoms with E-state index in [9.17, 15) is 9.59 Å². The highest BCUT2D eigenvalue weighted by molar-refractivity contribution is 6.33. The monoisotopic (exact) mass is 470 g/mol. The fraction of sp³-hybridized carbons (Fsp3) is 0.222. The number of carbonyl (C=O) groups is 1. The molecule has 1 saturated heterocycles. The first kappa shape index (κ1) is 20.9. The summed E-state index contributed by atoms with van der Waals surface area (Å²) in [5, 5.41) is 6.79. The van der Waals surface area contributed by atoms with Gasteiger partial charge in [0.25, 0.3) is 11.5 Å². The zero-order valence-corrected chi connectivity index (χ0v) is 19.3. The van der Waals surface area contributed by atoms with Crippen LogP contribution in [-0.4, -0.2) is 46.8 Å². The molecule has 6 nitrogen and oxygen atoms in total. The van der Waals surface area contributed by atoms with Crippen LogP contribution in [0.3, 0.4) is 0 Å². The Morgan fingerprint density at radius 3 is 2.35 bits per heavy atom. The van der Waals surface area contributed by atoms with Crippen LogP contribution < -0.4 is 10.5 Å². The molecule has 1 fully saturated rings. The lowest BCUT2D eigenvalue weighted by Crippen LogP contribution is -2.49. The summed E-state index contributed by atoms with van der Waals surface area (Å²) in [5.74, 6) is 0.0546. The average Bonchev–Trinajstić information content (AvgIpc) is 3.31. The number of amides is 1. The molecule has 170 valence electrons. The van der Waals surface area contributed by atoms with E-state index in [1.165, 1.54) is 21.2 Å². The molecular formula is C27H23ClN4O2. The Morgan fingerprint density at radius 2 is 1.59 bits per heavy atom. The molecule has 2 aliphatic rings. The molecule has 2 heterocycles. The van der Waals surface area contributed by atoms with E-state index in [1.807, 2.05) is 52.3 Å². The number of halogens is 1. The number of aryl methyl sites for hydroxylation is 2. The lowest BCUT2D eigenvalue weighted by atomic mass is 9.99. The number of hydrogen-bond acceptors (Lipinski definition) is 4. The van der Waals surface area contributed by atoms with Gasteiger partial charge in [0.05, 0.1) is 17.6 Å². The van der Waals surface area contributed by atoms with E-state index in [0.29, 0.717) is 37.6 Å². The van der Waals surface area contributed by atoms with Crippen LogP contribution in [0.1, 0.15) is 21.5 Å². The van der Waals surface area contributed by atoms with Crippen LogP contribution in [0.4, 0.5) is 5.69 Å². The molecule has 0 atom stereocenters. The molecule has 0 radical (unpaired) electrons. The maximum absolute atomic E-state index is 13.4. The summed E-state index contributed by atoms with van der Waals surface area (Å²) in [4.78, 5) is 30.2. The second-order valence-electron chi connectivity index (χ2n) is 8.79. The summed E-state index contributed by atoms with van der Waals surface area (Å²) >= 11 is 6.48. The highest BCUT2D eigenvalue weighted by Crippen LogP contribution is 2.33. The van der Waals surface area contributed by atoms with Gasteiger partial charge in [-0.2, -0.15) is 9.78 Å². The second-order valence-corrected chi connectivity index (χ2v) is 9.17. The molecule has 0 saturated carbocycles. The van der Waals surface area contributed by atoms with Crippen molar-refractivity contribution in [3.8, 4) is 5.69 Å². The Balaban J connectivity index is 1.22. The van der Waals surface area contributed by atoms with Crippen LogP contribution in [0, 0.1) is 0 Å². The van der Waals surface area contributed by atoms with E-state index in [1.54, 1.807) is 6.20 Å². The van der Waals surface area contributed by atoms with Crippen LogP contribution in [-0.2, 0) is 12.8 Å². The van der Waals surface area contributed by atoms with Crippen molar-refractivity contribution in [1.82, 2.24) is 14.7 Å². The smallest absolute Gasteiger partial charge is 0.292 e. The van der Waals surface area contributed by atoms with Gasteiger partial charge in [-0.05, 0) is 52.9 Å². The van der Waals surface area contributed by atoms with E-state index in [0.717, 1.165) is 23.8 Å². The molecule has 1 amide bonds. The topological polar surface area (TPSA) is 58.4 Å². The van der Waals surface area contributed by atoms with Gasteiger partial charge >= 0.3 is 0 Å². The van der Waals surface area contributed by atoms with Crippen molar-refractivity contribution in [2.24, 2.45) is 0 Å². The van der Waals surface area contributed by atoms with Crippen molar-refractivity contribution in [3.05, 3.63) is 98.9 Å². The van der Waals surface area contributed by atoms with Gasteiger partial charge in [0.15, 0.2) is 0 Å². The summed E-state index contributed by atoms with van der Waals surface area (Å²) < 4.78 is 1.31. The molecule has 6 rings (SSSR count). The van der Waals surface area contributed by atoms with Gasteiger partial charge < -0.3 is 9.80 Å². The fourth-order valence-electron chi connectivity index (χ4n) is 5.15. The van der Waals surface area contributed by atoms with E-state index in [-0.39, 0.29) is 16.5 Å². The van der Waals surface area contributed by atoms with Crippen molar-refractivity contribution in [1.29, 1.82) is 0 Å². The largest absolute Gasteiger partial charge is 0.365 e. The Kier molecular flexibility index (Phi) is 5.11. The van der Waals surface area contributed by atoms with Crippen LogP contribution in [0.15, 0.2) is 71.7 Å². The average molecular weight is 471 g/mol. The maximum Gasteiger partial charge on any atom is 0.292 e. The van der Waals surface area contributed by atoms with Crippen LogP contribution >= 0.6 is 11.6 Å². The molecule has 0 bridgehead atoms. The number of hydrogen-bond donors (Lipinski definition) is 0. The lowest BCUT2D eigenvalue weighted by Gasteiger charge is -2.36. The number of benzene rings is 3. The molecule has 1 aliphatic carbocycles. The minimum absolute atomic E-state index is 0.0546. The summed E-state index contributed by atoms with van der Waals surface area (Å²) in [6, 6.07) is 19.6. The first-order valence-electron chi connectivity index (χ1n) is 11.5. The molecule has 7 heteroatoms. The zero-order chi connectivity index (χ0) is 23.2. The van der Waals surface area contributed by atoms with E-state index in [4.69, 9.17) is 11.6 Å². The van der Waals surface area contributed by atoms with Gasteiger partial charge in [-0.15, -0.1) is 0 Å². The molecular weight excluding hydrogens is 448 g/mol. The zero-order valence-electron chi connectivity index (χ0n) is 18.6. The van der Waals surface area contributed by atoms with E-state index < -0.39 is 0 Å². The molecule has 34 heavy (non-hydrogen) atoms. The van der Waals surface area contributed by atoms with Crippen molar-refractivity contribution in [2.45, 2.75) is 12.8 Å². The second kappa shape index (κ2) is 8.29. The van der Waals surface area contributed by atoms with Crippen molar-refractivity contribution >= 4 is 34.0 Å². The van der Waals surface area contributed by atoms with Gasteiger partial charge in [0.2, 0.25) is 0 Å². The Morgan fingerprint density at radius 1 is 0.853 bits per heavy atom. The number of rotatable bonds is 3. The standard InChI is InChI=1S/C27H23ClN4O2/c28-25-23(17-29-32(27(25)34)20-6-2-1-3-7-20)30-13-15-31(16-14-30)26(33)22-12-11-19-10-9-18-5-4-8-21(22)24(18)19/h1-8,11-12,17H,9-10,13-16H2. The molecule has 0 unspecified atom stereocenters. The number of carbonyl (C=O) groups excluding carboxylic acids is 1. The Hall–Kier alpha value is -3.64. The van der Waals surface area contributed by atoms with Crippen molar-refractivity contribution < 1.29 is 4.79 Å². The summed E-state index contributed by atoms with van der Waals surface area (Å²) in [6.07, 6.45) is 3.72. The third kappa shape index (κ3) is 3.37. The molecule has 3 aromatic carbocycles. The normalized spacial score (nSPS) is 15.2. The SMILES string of the molecule is O=C(c1ccc2c3c(cccc13)CC2)N1CCN(c2cnn(-c3ccccc3)c(=O)c2Cl)CC1. The van der Waals surface area contributed by atoms with E-state index >= 15 is 0 Å². The molecule has 0 spiro atoms. The van der Waals surface area contributed by atoms with Gasteiger partial charge in [-0.25, -0.2) is 0 Å². The van der Waals surface area contributed by atoms with Crippen LogP contribution in [0.2, 0.25) is 5.02 Å². The number of nitrogens with zero attached hydrogens (tertiary/aromatic N) is 4. The predicted octanol–water partition coefficient (Wildman–Crippen LogP) is 4.10. The van der Waals surface area contributed by atoms with Gasteiger partial charge in [-0.1, -0.05) is 54.1 Å². The lowest BCUT2D eigenvalue weighted by molar-refractivity contribution is 0.0749. The third-order valence-corrected chi connectivity index (χ3v) is 7.27. The Labute approximate surface area is 202 Å². The van der Waals surface area contributed by atoms with Crippen molar-refractivity contribution in [2.75, 3.05) is 31.1 Å². The van der Waals surface area contributed by atoms with E-state index in [2.05, 4.69) is 23.3 Å². The van der Waals surface area contributed by atoms with Gasteiger partial charge in [-0.3, -0.25) is 9.59 Å².